The molecule has 0 spiro atoms. The summed E-state index contributed by atoms with van der Waals surface area (Å²) in [5.41, 5.74) is 2.81. The van der Waals surface area contributed by atoms with Crippen LogP contribution < -0.4 is 25.4 Å². The van der Waals surface area contributed by atoms with E-state index in [2.05, 4.69) is 16.0 Å². The quantitative estimate of drug-likeness (QED) is 0.567. The van der Waals surface area contributed by atoms with E-state index >= 15 is 0 Å². The first kappa shape index (κ1) is 21.5. The van der Waals surface area contributed by atoms with Crippen LogP contribution in [-0.2, 0) is 21.5 Å². The average molecular weight is 476 g/mol. The highest BCUT2D eigenvalue weighted by Crippen LogP contribution is 2.50. The summed E-state index contributed by atoms with van der Waals surface area (Å²) in [4.78, 5) is 50.6. The van der Waals surface area contributed by atoms with Crippen molar-refractivity contribution in [2.24, 2.45) is 0 Å². The molecule has 1 saturated heterocycles. The minimum atomic E-state index is -0.668. The van der Waals surface area contributed by atoms with Gasteiger partial charge in [0, 0.05) is 36.2 Å². The second-order valence-corrected chi connectivity index (χ2v) is 9.43. The Balaban J connectivity index is 1.08. The molecule has 35 heavy (non-hydrogen) atoms. The van der Waals surface area contributed by atoms with Gasteiger partial charge >= 0.3 is 6.03 Å². The van der Waals surface area contributed by atoms with Gasteiger partial charge in [-0.15, -0.1) is 0 Å². The van der Waals surface area contributed by atoms with Gasteiger partial charge in [0.25, 0.3) is 5.91 Å². The fraction of sp³-hybridized carbons (Fsp3) is 0.360. The number of urea groups is 1. The molecule has 180 valence electrons. The van der Waals surface area contributed by atoms with Crippen molar-refractivity contribution in [2.45, 2.75) is 43.7 Å². The molecule has 1 unspecified atom stereocenters. The van der Waals surface area contributed by atoms with Crippen LogP contribution in [0, 0.1) is 0 Å². The fourth-order valence-electron chi connectivity index (χ4n) is 5.02. The van der Waals surface area contributed by atoms with Gasteiger partial charge in [-0.2, -0.15) is 0 Å². The highest BCUT2D eigenvalue weighted by Gasteiger charge is 2.45. The number of imide groups is 1. The van der Waals surface area contributed by atoms with Gasteiger partial charge in [-0.05, 0) is 60.7 Å². The first-order valence-corrected chi connectivity index (χ1v) is 11.6. The summed E-state index contributed by atoms with van der Waals surface area (Å²) < 4.78 is 10.9. The lowest BCUT2D eigenvalue weighted by Crippen LogP contribution is -2.52. The number of nitrogens with one attached hydrogen (secondary N) is 3. The van der Waals surface area contributed by atoms with Gasteiger partial charge in [0.1, 0.15) is 6.04 Å². The van der Waals surface area contributed by atoms with Crippen molar-refractivity contribution >= 4 is 29.4 Å². The summed E-state index contributed by atoms with van der Waals surface area (Å²) >= 11 is 0. The molecule has 2 aromatic carbocycles. The second kappa shape index (κ2) is 8.00. The standard InChI is InChI=1S/C25H24N4O6/c30-21-6-4-18(22(31)28-21)29-11-14-9-16(2-3-17(14)23(29)32)27-24(33)26-12-25(7-8-25)15-1-5-19-20(10-15)35-13-34-19/h1-3,5,9-10,18H,4,6-8,11-13H2,(H2,26,27,33)(H,28,30,31). The van der Waals surface area contributed by atoms with Crippen LogP contribution >= 0.6 is 0 Å². The van der Waals surface area contributed by atoms with E-state index in [-0.39, 0.29) is 43.0 Å². The molecule has 10 heteroatoms. The van der Waals surface area contributed by atoms with E-state index in [4.69, 9.17) is 9.47 Å². The third kappa shape index (κ3) is 3.84. The minimum absolute atomic E-state index is 0.106. The number of hydrogen-bond donors (Lipinski definition) is 3. The van der Waals surface area contributed by atoms with Crippen LogP contribution in [0.2, 0.25) is 0 Å². The molecule has 10 nitrogen and oxygen atoms in total. The lowest BCUT2D eigenvalue weighted by molar-refractivity contribution is -0.136. The highest BCUT2D eigenvalue weighted by atomic mass is 16.7. The Hall–Kier alpha value is -4.08. The summed E-state index contributed by atoms with van der Waals surface area (Å²) in [7, 11) is 0. The largest absolute Gasteiger partial charge is 0.454 e. The number of rotatable bonds is 5. The van der Waals surface area contributed by atoms with Gasteiger partial charge in [0.15, 0.2) is 11.5 Å². The lowest BCUT2D eigenvalue weighted by Gasteiger charge is -2.29. The summed E-state index contributed by atoms with van der Waals surface area (Å²) in [5.74, 6) is 0.458. The number of hydrogen-bond acceptors (Lipinski definition) is 6. The summed E-state index contributed by atoms with van der Waals surface area (Å²) in [5, 5.41) is 8.10. The second-order valence-electron chi connectivity index (χ2n) is 9.43. The van der Waals surface area contributed by atoms with E-state index in [0.717, 1.165) is 35.5 Å². The van der Waals surface area contributed by atoms with Crippen molar-refractivity contribution < 1.29 is 28.7 Å². The van der Waals surface area contributed by atoms with Gasteiger partial charge in [-0.3, -0.25) is 19.7 Å². The van der Waals surface area contributed by atoms with Gasteiger partial charge in [-0.25, -0.2) is 4.79 Å². The molecular weight excluding hydrogens is 452 g/mol. The molecular formula is C25H24N4O6. The number of nitrogens with zero attached hydrogens (tertiary/aromatic N) is 1. The Morgan fingerprint density at radius 2 is 1.91 bits per heavy atom. The maximum absolute atomic E-state index is 12.8. The van der Waals surface area contributed by atoms with E-state index in [1.54, 1.807) is 18.2 Å². The normalized spacial score (nSPS) is 21.4. The van der Waals surface area contributed by atoms with Crippen molar-refractivity contribution in [3.63, 3.8) is 0 Å². The predicted octanol–water partition coefficient (Wildman–Crippen LogP) is 2.03. The predicted molar refractivity (Wildman–Crippen MR) is 123 cm³/mol. The number of anilines is 1. The van der Waals surface area contributed by atoms with Crippen LogP contribution in [0.5, 0.6) is 11.5 Å². The third-order valence-corrected chi connectivity index (χ3v) is 7.21. The van der Waals surface area contributed by atoms with E-state index in [1.165, 1.54) is 4.90 Å². The number of ether oxygens (including phenoxy) is 2. The minimum Gasteiger partial charge on any atom is -0.454 e. The zero-order valence-corrected chi connectivity index (χ0v) is 18.9. The van der Waals surface area contributed by atoms with Crippen LogP contribution in [0.1, 0.15) is 47.2 Å². The molecule has 2 aromatic rings. The molecule has 2 fully saturated rings. The highest BCUT2D eigenvalue weighted by molar-refractivity contribution is 6.05. The maximum atomic E-state index is 12.8. The van der Waals surface area contributed by atoms with Crippen LogP contribution in [0.25, 0.3) is 0 Å². The molecule has 3 aliphatic heterocycles. The van der Waals surface area contributed by atoms with Crippen molar-refractivity contribution in [3.8, 4) is 11.5 Å². The smallest absolute Gasteiger partial charge is 0.319 e. The number of fused-ring (bicyclic) bond motifs is 2. The van der Waals surface area contributed by atoms with Crippen LogP contribution in [0.4, 0.5) is 10.5 Å². The van der Waals surface area contributed by atoms with Crippen LogP contribution in [0.3, 0.4) is 0 Å². The average Bonchev–Trinajstić information content (AvgIpc) is 3.37. The third-order valence-electron chi connectivity index (χ3n) is 7.21. The molecule has 5 amide bonds. The Labute approximate surface area is 200 Å². The Kier molecular flexibility index (Phi) is 4.91. The van der Waals surface area contributed by atoms with E-state index in [1.807, 2.05) is 18.2 Å². The van der Waals surface area contributed by atoms with E-state index in [9.17, 15) is 19.2 Å². The summed E-state index contributed by atoms with van der Waals surface area (Å²) in [6, 6.07) is 10.0. The molecule has 6 rings (SSSR count). The summed E-state index contributed by atoms with van der Waals surface area (Å²) in [6.45, 7) is 0.972. The first-order valence-electron chi connectivity index (χ1n) is 11.6. The lowest BCUT2D eigenvalue weighted by atomic mass is 9.95. The van der Waals surface area contributed by atoms with Gasteiger partial charge in [0.2, 0.25) is 18.6 Å². The number of piperidine rings is 1. The molecule has 3 heterocycles. The topological polar surface area (TPSA) is 126 Å². The fourth-order valence-corrected chi connectivity index (χ4v) is 5.02. The molecule has 1 atom stereocenters. The van der Waals surface area contributed by atoms with E-state index < -0.39 is 11.9 Å². The molecule has 0 radical (unpaired) electrons. The Morgan fingerprint density at radius 1 is 1.09 bits per heavy atom. The van der Waals surface area contributed by atoms with Crippen LogP contribution in [0.15, 0.2) is 36.4 Å². The van der Waals surface area contributed by atoms with Gasteiger partial charge in [0.05, 0.1) is 0 Å². The van der Waals surface area contributed by atoms with Crippen molar-refractivity contribution in [2.75, 3.05) is 18.7 Å². The van der Waals surface area contributed by atoms with Crippen LogP contribution in [-0.4, -0.2) is 48.0 Å². The SMILES string of the molecule is O=C1CCC(N2Cc3cc(NC(=O)NCC4(c5ccc6c(c5)OCO6)CC4)ccc3C2=O)C(=O)N1. The maximum Gasteiger partial charge on any atom is 0.319 e. The zero-order chi connectivity index (χ0) is 24.2. The van der Waals surface area contributed by atoms with Crippen molar-refractivity contribution in [1.29, 1.82) is 0 Å². The van der Waals surface area contributed by atoms with Crippen molar-refractivity contribution in [3.05, 3.63) is 53.1 Å². The zero-order valence-electron chi connectivity index (χ0n) is 18.9. The number of carbonyl (C=O) groups is 4. The van der Waals surface area contributed by atoms with Gasteiger partial charge < -0.3 is 25.0 Å². The molecule has 0 aromatic heterocycles. The molecule has 4 aliphatic rings. The number of amides is 5. The first-order chi connectivity index (χ1) is 16.9. The summed E-state index contributed by atoms with van der Waals surface area (Å²) in [6.07, 6.45) is 2.47. The van der Waals surface area contributed by atoms with Gasteiger partial charge in [-0.1, -0.05) is 6.07 Å². The van der Waals surface area contributed by atoms with Crippen molar-refractivity contribution in [1.82, 2.24) is 15.5 Å². The Bertz CT molecular complexity index is 1270. The number of carbonyl (C=O) groups excluding carboxylic acids is 4. The molecule has 3 N–H and O–H groups in total. The molecule has 1 aliphatic carbocycles. The number of benzene rings is 2. The molecule has 0 bridgehead atoms. The Morgan fingerprint density at radius 3 is 2.71 bits per heavy atom. The molecule has 1 saturated carbocycles. The monoisotopic (exact) mass is 476 g/mol. The van der Waals surface area contributed by atoms with E-state index in [0.29, 0.717) is 24.2 Å².